The molecule has 0 saturated carbocycles. The van der Waals surface area contributed by atoms with E-state index >= 15 is 0 Å². The maximum Gasteiger partial charge on any atom is 0.321 e. The monoisotopic (exact) mass is 362 g/mol. The number of hydrogen-bond acceptors (Lipinski definition) is 5. The highest BCUT2D eigenvalue weighted by Crippen LogP contribution is 2.17. The molecule has 0 spiro atoms. The van der Waals surface area contributed by atoms with Crippen molar-refractivity contribution >= 4 is 34.6 Å². The van der Waals surface area contributed by atoms with Gasteiger partial charge < -0.3 is 5.32 Å². The lowest BCUT2D eigenvalue weighted by atomic mass is 10.2. The lowest BCUT2D eigenvalue weighted by Crippen LogP contribution is -2.41. The van der Waals surface area contributed by atoms with Gasteiger partial charge in [-0.25, -0.2) is 9.78 Å². The Kier molecular flexibility index (Phi) is 6.58. The molecule has 0 atom stereocenters. The van der Waals surface area contributed by atoms with Crippen molar-refractivity contribution < 1.29 is 9.59 Å². The SMILES string of the molecule is CCn1c(SCC(=O)NC(=O)NCC(C)C)nc2ccccc2c1=O. The van der Waals surface area contributed by atoms with Crippen LogP contribution in [0.2, 0.25) is 0 Å². The Hall–Kier alpha value is -2.35. The third-order valence-corrected chi connectivity index (χ3v) is 4.38. The second-order valence-electron chi connectivity index (χ2n) is 5.90. The second kappa shape index (κ2) is 8.66. The first-order valence-electron chi connectivity index (χ1n) is 8.12. The number of nitrogens with one attached hydrogen (secondary N) is 2. The summed E-state index contributed by atoms with van der Waals surface area (Å²) in [6.07, 6.45) is 0. The molecule has 2 N–H and O–H groups in total. The first kappa shape index (κ1) is 19.0. The average Bonchev–Trinajstić information content (AvgIpc) is 2.58. The van der Waals surface area contributed by atoms with E-state index in [1.165, 1.54) is 4.57 Å². The summed E-state index contributed by atoms with van der Waals surface area (Å²) < 4.78 is 1.53. The van der Waals surface area contributed by atoms with Gasteiger partial charge in [-0.3, -0.25) is 19.5 Å². The number of hydrogen-bond donors (Lipinski definition) is 2. The quantitative estimate of drug-likeness (QED) is 0.605. The summed E-state index contributed by atoms with van der Waals surface area (Å²) in [6.45, 7) is 6.73. The van der Waals surface area contributed by atoms with Gasteiger partial charge in [0, 0.05) is 13.1 Å². The van der Waals surface area contributed by atoms with Crippen LogP contribution in [0.15, 0.2) is 34.2 Å². The average molecular weight is 362 g/mol. The third-order valence-electron chi connectivity index (χ3n) is 3.40. The molecule has 134 valence electrons. The van der Waals surface area contributed by atoms with Crippen molar-refractivity contribution in [1.82, 2.24) is 20.2 Å². The minimum absolute atomic E-state index is 0.000120. The van der Waals surface area contributed by atoms with E-state index in [9.17, 15) is 14.4 Å². The first-order chi connectivity index (χ1) is 11.9. The zero-order valence-corrected chi connectivity index (χ0v) is 15.4. The Morgan fingerprint density at radius 3 is 2.68 bits per heavy atom. The predicted molar refractivity (Wildman–Crippen MR) is 98.8 cm³/mol. The third kappa shape index (κ3) is 5.06. The minimum atomic E-state index is -0.515. The van der Waals surface area contributed by atoms with Gasteiger partial charge in [0.25, 0.3) is 5.56 Å². The van der Waals surface area contributed by atoms with Gasteiger partial charge in [-0.1, -0.05) is 37.7 Å². The highest BCUT2D eigenvalue weighted by molar-refractivity contribution is 7.99. The molecule has 0 unspecified atom stereocenters. The van der Waals surface area contributed by atoms with Gasteiger partial charge in [0.2, 0.25) is 5.91 Å². The number of aromatic nitrogens is 2. The maximum absolute atomic E-state index is 12.5. The van der Waals surface area contributed by atoms with E-state index in [0.717, 1.165) is 11.8 Å². The summed E-state index contributed by atoms with van der Waals surface area (Å²) >= 11 is 1.13. The van der Waals surface area contributed by atoms with E-state index in [2.05, 4.69) is 15.6 Å². The van der Waals surface area contributed by atoms with Crippen LogP contribution in [0, 0.1) is 5.92 Å². The molecule has 2 rings (SSSR count). The van der Waals surface area contributed by atoms with Crippen molar-refractivity contribution in [1.29, 1.82) is 0 Å². The number of rotatable bonds is 6. The lowest BCUT2D eigenvalue weighted by molar-refractivity contribution is -0.117. The van der Waals surface area contributed by atoms with Crippen LogP contribution in [0.25, 0.3) is 10.9 Å². The van der Waals surface area contributed by atoms with Crippen LogP contribution < -0.4 is 16.2 Å². The van der Waals surface area contributed by atoms with E-state index in [4.69, 9.17) is 0 Å². The van der Waals surface area contributed by atoms with Gasteiger partial charge in [-0.15, -0.1) is 0 Å². The van der Waals surface area contributed by atoms with Crippen LogP contribution in [0.4, 0.5) is 4.79 Å². The molecule has 2 aromatic rings. The molecule has 0 aliphatic rings. The fourth-order valence-electron chi connectivity index (χ4n) is 2.17. The number of amides is 3. The van der Waals surface area contributed by atoms with E-state index in [-0.39, 0.29) is 11.3 Å². The fourth-order valence-corrected chi connectivity index (χ4v) is 3.03. The molecule has 3 amide bonds. The maximum atomic E-state index is 12.5. The van der Waals surface area contributed by atoms with Crippen molar-refractivity contribution in [2.75, 3.05) is 12.3 Å². The molecule has 1 aromatic carbocycles. The summed E-state index contributed by atoms with van der Waals surface area (Å²) in [4.78, 5) is 40.5. The molecule has 1 aromatic heterocycles. The molecule has 25 heavy (non-hydrogen) atoms. The number of nitrogens with zero attached hydrogens (tertiary/aromatic N) is 2. The zero-order valence-electron chi connectivity index (χ0n) is 14.5. The van der Waals surface area contributed by atoms with Crippen LogP contribution in [-0.2, 0) is 11.3 Å². The van der Waals surface area contributed by atoms with Crippen LogP contribution in [0.1, 0.15) is 20.8 Å². The number of urea groups is 1. The number of benzene rings is 1. The van der Waals surface area contributed by atoms with Gasteiger partial charge in [-0.05, 0) is 25.0 Å². The Balaban J connectivity index is 2.06. The summed E-state index contributed by atoms with van der Waals surface area (Å²) in [5.41, 5.74) is 0.459. The second-order valence-corrected chi connectivity index (χ2v) is 6.84. The van der Waals surface area contributed by atoms with Gasteiger partial charge >= 0.3 is 6.03 Å². The number of thioether (sulfide) groups is 1. The highest BCUT2D eigenvalue weighted by Gasteiger charge is 2.13. The Labute approximate surface area is 150 Å². The van der Waals surface area contributed by atoms with Crippen molar-refractivity contribution in [3.8, 4) is 0 Å². The number of carbonyl (C=O) groups excluding carboxylic acids is 2. The van der Waals surface area contributed by atoms with Crippen LogP contribution >= 0.6 is 11.8 Å². The van der Waals surface area contributed by atoms with Gasteiger partial charge in [0.15, 0.2) is 5.16 Å². The first-order valence-corrected chi connectivity index (χ1v) is 9.11. The number of fused-ring (bicyclic) bond motifs is 1. The van der Waals surface area contributed by atoms with Crippen LogP contribution in [0.3, 0.4) is 0 Å². The van der Waals surface area contributed by atoms with E-state index in [0.29, 0.717) is 35.1 Å². The summed E-state index contributed by atoms with van der Waals surface area (Å²) in [7, 11) is 0. The summed E-state index contributed by atoms with van der Waals surface area (Å²) in [6, 6.07) is 6.59. The standard InChI is InChI=1S/C17H22N4O3S/c1-4-21-15(23)12-7-5-6-8-13(12)19-17(21)25-10-14(22)20-16(24)18-9-11(2)3/h5-8,11H,4,9-10H2,1-3H3,(H2,18,20,22,24). The van der Waals surface area contributed by atoms with Crippen molar-refractivity contribution in [3.05, 3.63) is 34.6 Å². The highest BCUT2D eigenvalue weighted by atomic mass is 32.2. The number of para-hydroxylation sites is 1. The van der Waals surface area contributed by atoms with Crippen molar-refractivity contribution in [2.24, 2.45) is 5.92 Å². The minimum Gasteiger partial charge on any atom is -0.338 e. The molecule has 0 aliphatic heterocycles. The van der Waals surface area contributed by atoms with Gasteiger partial charge in [0.05, 0.1) is 16.7 Å². The molecule has 0 aliphatic carbocycles. The fraction of sp³-hybridized carbons (Fsp3) is 0.412. The number of imide groups is 1. The molecule has 0 radical (unpaired) electrons. The van der Waals surface area contributed by atoms with Crippen LogP contribution in [0.5, 0.6) is 0 Å². The summed E-state index contributed by atoms with van der Waals surface area (Å²) in [5, 5.41) is 5.90. The van der Waals surface area contributed by atoms with Crippen molar-refractivity contribution in [2.45, 2.75) is 32.5 Å². The van der Waals surface area contributed by atoms with E-state index < -0.39 is 11.9 Å². The smallest absolute Gasteiger partial charge is 0.321 e. The molecule has 0 fully saturated rings. The Morgan fingerprint density at radius 2 is 2.00 bits per heavy atom. The molecular weight excluding hydrogens is 340 g/mol. The summed E-state index contributed by atoms with van der Waals surface area (Å²) in [5.74, 6) is -0.132. The predicted octanol–water partition coefficient (Wildman–Crippen LogP) is 1.99. The molecule has 8 heteroatoms. The van der Waals surface area contributed by atoms with E-state index in [1.54, 1.807) is 18.2 Å². The lowest BCUT2D eigenvalue weighted by Gasteiger charge is -2.11. The van der Waals surface area contributed by atoms with Gasteiger partial charge in [0.1, 0.15) is 0 Å². The topological polar surface area (TPSA) is 93.1 Å². The van der Waals surface area contributed by atoms with Crippen LogP contribution in [-0.4, -0.2) is 33.8 Å². The van der Waals surface area contributed by atoms with E-state index in [1.807, 2.05) is 26.8 Å². The molecule has 0 saturated heterocycles. The Bertz CT molecular complexity index is 832. The van der Waals surface area contributed by atoms with Gasteiger partial charge in [-0.2, -0.15) is 0 Å². The molecular formula is C17H22N4O3S. The molecule has 1 heterocycles. The molecule has 7 nitrogen and oxygen atoms in total. The molecule has 0 bridgehead atoms. The Morgan fingerprint density at radius 1 is 1.28 bits per heavy atom. The largest absolute Gasteiger partial charge is 0.338 e. The normalized spacial score (nSPS) is 10.9. The number of carbonyl (C=O) groups is 2. The zero-order chi connectivity index (χ0) is 18.4. The van der Waals surface area contributed by atoms with Crippen molar-refractivity contribution in [3.63, 3.8) is 0 Å².